The molecule has 2 saturated heterocycles. The minimum atomic E-state index is -0.845. The van der Waals surface area contributed by atoms with Gasteiger partial charge in [-0.15, -0.1) is 0 Å². The third-order valence-electron chi connectivity index (χ3n) is 12.1. The van der Waals surface area contributed by atoms with Gasteiger partial charge in [0.1, 0.15) is 28.6 Å². The van der Waals surface area contributed by atoms with Gasteiger partial charge in [0.25, 0.3) is 11.8 Å². The quantitative estimate of drug-likeness (QED) is 0.128. The minimum absolute atomic E-state index is 0.0170. The second-order valence-electron chi connectivity index (χ2n) is 16.2. The zero-order chi connectivity index (χ0) is 41.2. The van der Waals surface area contributed by atoms with Gasteiger partial charge >= 0.3 is 0 Å². The van der Waals surface area contributed by atoms with E-state index in [1.165, 1.54) is 28.5 Å². The lowest BCUT2D eigenvalue weighted by molar-refractivity contribution is -0.135. The van der Waals surface area contributed by atoms with Gasteiger partial charge < -0.3 is 39.8 Å². The van der Waals surface area contributed by atoms with Crippen LogP contribution in [0, 0.1) is 11.6 Å². The summed E-state index contributed by atoms with van der Waals surface area (Å²) in [6.07, 6.45) is 8.69. The van der Waals surface area contributed by atoms with Crippen LogP contribution in [0.2, 0.25) is 0 Å². The van der Waals surface area contributed by atoms with Crippen LogP contribution in [-0.4, -0.2) is 121 Å². The lowest BCUT2D eigenvalue weighted by Crippen LogP contribution is -2.58. The highest BCUT2D eigenvalue weighted by Gasteiger charge is 2.42. The zero-order valence-electron chi connectivity index (χ0n) is 33.8. The van der Waals surface area contributed by atoms with E-state index in [-0.39, 0.29) is 30.2 Å². The number of hydrogen-bond acceptors (Lipinski definition) is 9. The van der Waals surface area contributed by atoms with E-state index < -0.39 is 28.7 Å². The van der Waals surface area contributed by atoms with E-state index in [9.17, 15) is 28.3 Å². The third kappa shape index (κ3) is 11.0. The van der Waals surface area contributed by atoms with Crippen LogP contribution in [0.15, 0.2) is 54.6 Å². The molecule has 3 amide bonds. The number of halogens is 2. The first-order valence-corrected chi connectivity index (χ1v) is 21.2. The number of likely N-dealkylation sites (tertiary alicyclic amines) is 1. The smallest absolute Gasteiger partial charge is 0.262 e. The van der Waals surface area contributed by atoms with Crippen LogP contribution in [0.5, 0.6) is 11.5 Å². The summed E-state index contributed by atoms with van der Waals surface area (Å²) in [7, 11) is 0. The number of benzene rings is 3. The first kappa shape index (κ1) is 42.5. The summed E-state index contributed by atoms with van der Waals surface area (Å²) in [5, 5.41) is 16.3. The summed E-state index contributed by atoms with van der Waals surface area (Å²) >= 11 is 0. The number of rotatable bonds is 16. The molecule has 0 unspecified atom stereocenters. The van der Waals surface area contributed by atoms with Crippen molar-refractivity contribution in [1.29, 1.82) is 0 Å². The Morgan fingerprint density at radius 1 is 0.949 bits per heavy atom. The van der Waals surface area contributed by atoms with Crippen molar-refractivity contribution in [2.75, 3.05) is 77.6 Å². The first-order valence-electron chi connectivity index (χ1n) is 21.2. The van der Waals surface area contributed by atoms with Gasteiger partial charge in [-0.2, -0.15) is 0 Å². The SMILES string of the molecule is O=C1COc2c(CCNCCN(C(=O)CCOCCc3cccc(CN4CCC5(CC4)CN(C(=O)c4c(F)cccc4F)CCO5)c3)C3CCCCC3)ccc(O)c2N1. The van der Waals surface area contributed by atoms with Crippen LogP contribution in [0.3, 0.4) is 0 Å². The molecule has 0 atom stereocenters. The topological polar surface area (TPSA) is 133 Å². The molecule has 3 N–H and O–H groups in total. The number of aromatic hydroxyl groups is 1. The fourth-order valence-electron chi connectivity index (χ4n) is 8.90. The monoisotopic (exact) mass is 817 g/mol. The Morgan fingerprint density at radius 2 is 1.71 bits per heavy atom. The molecule has 3 aromatic carbocycles. The summed E-state index contributed by atoms with van der Waals surface area (Å²) in [4.78, 5) is 44.3. The van der Waals surface area contributed by atoms with Crippen LogP contribution in [0.4, 0.5) is 14.5 Å². The van der Waals surface area contributed by atoms with Crippen LogP contribution in [0.1, 0.15) is 78.4 Å². The van der Waals surface area contributed by atoms with Gasteiger partial charge in [0.2, 0.25) is 5.91 Å². The second-order valence-corrected chi connectivity index (χ2v) is 16.2. The summed E-state index contributed by atoms with van der Waals surface area (Å²) in [5.41, 5.74) is 2.56. The summed E-state index contributed by atoms with van der Waals surface area (Å²) in [5.74, 6) is -1.99. The molecule has 3 fully saturated rings. The van der Waals surface area contributed by atoms with Crippen molar-refractivity contribution < 1.29 is 42.5 Å². The molecule has 3 aliphatic heterocycles. The predicted molar refractivity (Wildman–Crippen MR) is 218 cm³/mol. The lowest BCUT2D eigenvalue weighted by Gasteiger charge is -2.47. The average Bonchev–Trinajstić information content (AvgIpc) is 3.24. The fraction of sp³-hybridized carbons (Fsp3) is 0.533. The number of ether oxygens (including phenoxy) is 3. The molecule has 1 spiro atoms. The molecule has 14 heteroatoms. The number of hydrogen-bond donors (Lipinski definition) is 3. The van der Waals surface area contributed by atoms with Gasteiger partial charge in [-0.1, -0.05) is 55.7 Å². The maximum atomic E-state index is 14.4. The van der Waals surface area contributed by atoms with E-state index >= 15 is 0 Å². The standard InChI is InChI=1S/C45H57F2N5O7/c46-36-10-5-11-37(47)41(36)44(56)51-24-27-59-45(31-51)17-21-50(22-18-45)29-33-7-4-6-32(28-33)15-25-57-26-16-40(55)52(35-8-2-1-3-9-35)23-20-48-19-14-34-12-13-38(53)42-43(34)58-30-39(54)49-42/h4-7,10-13,28,35,48,53H,1-3,8-9,14-27,29-31H2,(H,49,54). The van der Waals surface area contributed by atoms with Crippen molar-refractivity contribution in [1.82, 2.24) is 20.0 Å². The highest BCUT2D eigenvalue weighted by molar-refractivity contribution is 5.97. The number of carbonyl (C=O) groups excluding carboxylic acids is 3. The number of nitrogens with zero attached hydrogens (tertiary/aromatic N) is 3. The molecule has 1 aliphatic carbocycles. The summed E-state index contributed by atoms with van der Waals surface area (Å²) < 4.78 is 46.6. The van der Waals surface area contributed by atoms with Crippen molar-refractivity contribution in [3.8, 4) is 11.5 Å². The van der Waals surface area contributed by atoms with E-state index in [4.69, 9.17) is 14.2 Å². The Hall–Kier alpha value is -4.63. The number of carbonyl (C=O) groups is 3. The number of amides is 3. The molecule has 0 aromatic heterocycles. The minimum Gasteiger partial charge on any atom is -0.506 e. The number of anilines is 1. The number of morpholine rings is 1. The number of phenols is 1. The first-order chi connectivity index (χ1) is 28.7. The second kappa shape index (κ2) is 20.1. The molecule has 3 aromatic rings. The van der Waals surface area contributed by atoms with Gasteiger partial charge in [-0.3, -0.25) is 19.3 Å². The van der Waals surface area contributed by atoms with Crippen LogP contribution in [-0.2, 0) is 38.4 Å². The Bertz CT molecular complexity index is 1910. The molecule has 59 heavy (non-hydrogen) atoms. The Kier molecular flexibility index (Phi) is 14.5. The van der Waals surface area contributed by atoms with Gasteiger partial charge in [-0.25, -0.2) is 8.78 Å². The van der Waals surface area contributed by atoms with E-state index in [1.54, 1.807) is 6.07 Å². The molecule has 12 nitrogen and oxygen atoms in total. The molecule has 0 bridgehead atoms. The van der Waals surface area contributed by atoms with Crippen molar-refractivity contribution >= 4 is 23.4 Å². The van der Waals surface area contributed by atoms with Gasteiger partial charge in [0, 0.05) is 45.3 Å². The van der Waals surface area contributed by atoms with Gasteiger partial charge in [0.15, 0.2) is 12.4 Å². The summed E-state index contributed by atoms with van der Waals surface area (Å²) in [6.45, 7) is 6.04. The Morgan fingerprint density at radius 3 is 2.51 bits per heavy atom. The van der Waals surface area contributed by atoms with E-state index in [0.29, 0.717) is 76.8 Å². The van der Waals surface area contributed by atoms with E-state index in [2.05, 4.69) is 39.8 Å². The van der Waals surface area contributed by atoms with Gasteiger partial charge in [0.05, 0.1) is 38.4 Å². The molecule has 0 radical (unpaired) electrons. The van der Waals surface area contributed by atoms with E-state index in [1.807, 2.05) is 11.0 Å². The highest BCUT2D eigenvalue weighted by atomic mass is 19.1. The van der Waals surface area contributed by atoms with Crippen molar-refractivity contribution in [3.05, 3.63) is 88.5 Å². The normalized spacial score (nSPS) is 18.3. The third-order valence-corrected chi connectivity index (χ3v) is 12.1. The molecule has 4 aliphatic rings. The van der Waals surface area contributed by atoms with Crippen molar-refractivity contribution in [2.24, 2.45) is 0 Å². The molecule has 1 saturated carbocycles. The molecular formula is C45H57F2N5O7. The number of phenolic OH excluding ortho intramolecular Hbond substituents is 1. The van der Waals surface area contributed by atoms with E-state index in [0.717, 1.165) is 82.3 Å². The molecular weight excluding hydrogens is 761 g/mol. The largest absolute Gasteiger partial charge is 0.506 e. The predicted octanol–water partition coefficient (Wildman–Crippen LogP) is 5.45. The highest BCUT2D eigenvalue weighted by Crippen LogP contribution is 2.39. The van der Waals surface area contributed by atoms with Crippen LogP contribution < -0.4 is 15.4 Å². The Balaban J connectivity index is 0.817. The van der Waals surface area contributed by atoms with Crippen molar-refractivity contribution in [3.63, 3.8) is 0 Å². The van der Waals surface area contributed by atoms with Crippen LogP contribution in [0.25, 0.3) is 0 Å². The van der Waals surface area contributed by atoms with Crippen LogP contribution >= 0.6 is 0 Å². The average molecular weight is 818 g/mol. The lowest BCUT2D eigenvalue weighted by atomic mass is 9.88. The number of nitrogens with one attached hydrogen (secondary N) is 2. The molecule has 318 valence electrons. The molecule has 3 heterocycles. The maximum Gasteiger partial charge on any atom is 0.262 e. The molecule has 7 rings (SSSR count). The van der Waals surface area contributed by atoms with Gasteiger partial charge in [-0.05, 0) is 80.0 Å². The van der Waals surface area contributed by atoms with Crippen molar-refractivity contribution in [2.45, 2.75) is 82.4 Å². The maximum absolute atomic E-state index is 14.4. The fourth-order valence-corrected chi connectivity index (χ4v) is 8.90. The summed E-state index contributed by atoms with van der Waals surface area (Å²) in [6, 6.07) is 15.6. The zero-order valence-corrected chi connectivity index (χ0v) is 33.8. The number of fused-ring (bicyclic) bond motifs is 1. The number of piperidine rings is 1. The Labute approximate surface area is 345 Å².